The Morgan fingerprint density at radius 1 is 1.38 bits per heavy atom. The largest absolute Gasteiger partial charge is 0.396 e. The molecule has 2 atom stereocenters. The van der Waals surface area contributed by atoms with Gasteiger partial charge in [-0.3, -0.25) is 4.68 Å². The van der Waals surface area contributed by atoms with Crippen molar-refractivity contribution in [2.45, 2.75) is 51.6 Å². The van der Waals surface area contributed by atoms with E-state index in [0.29, 0.717) is 6.04 Å². The van der Waals surface area contributed by atoms with Crippen LogP contribution in [0.3, 0.4) is 0 Å². The van der Waals surface area contributed by atoms with Gasteiger partial charge >= 0.3 is 6.03 Å². The fourth-order valence-corrected chi connectivity index (χ4v) is 3.34. The summed E-state index contributed by atoms with van der Waals surface area (Å²) in [5.41, 5.74) is 1.67. The molecule has 0 bridgehead atoms. The summed E-state index contributed by atoms with van der Waals surface area (Å²) in [6, 6.07) is 5.86. The average molecular weight is 330 g/mol. The summed E-state index contributed by atoms with van der Waals surface area (Å²) in [5, 5.41) is 20.9. The quantitative estimate of drug-likeness (QED) is 0.805. The molecule has 6 nitrogen and oxygen atoms in total. The van der Waals surface area contributed by atoms with Crippen LogP contribution >= 0.6 is 0 Å². The molecular formula is C18H26N4O2. The highest BCUT2D eigenvalue weighted by atomic mass is 16.3. The molecule has 3 N–H and O–H groups in total. The van der Waals surface area contributed by atoms with E-state index in [0.717, 1.165) is 42.3 Å². The van der Waals surface area contributed by atoms with E-state index in [1.807, 2.05) is 29.1 Å². The first-order chi connectivity index (χ1) is 11.6. The number of amides is 2. The zero-order valence-corrected chi connectivity index (χ0v) is 14.3. The molecule has 2 amide bonds. The van der Waals surface area contributed by atoms with Crippen molar-refractivity contribution >= 4 is 22.6 Å². The van der Waals surface area contributed by atoms with Crippen molar-refractivity contribution in [2.75, 3.05) is 11.9 Å². The van der Waals surface area contributed by atoms with E-state index in [4.69, 9.17) is 0 Å². The van der Waals surface area contributed by atoms with Gasteiger partial charge in [0.15, 0.2) is 0 Å². The first kappa shape index (κ1) is 16.8. The maximum atomic E-state index is 12.3. The van der Waals surface area contributed by atoms with Crippen LogP contribution < -0.4 is 10.6 Å². The van der Waals surface area contributed by atoms with Gasteiger partial charge in [0, 0.05) is 41.9 Å². The van der Waals surface area contributed by atoms with E-state index >= 15 is 0 Å². The van der Waals surface area contributed by atoms with Gasteiger partial charge in [0.05, 0.1) is 5.52 Å². The number of aromatic nitrogens is 2. The number of rotatable bonds is 4. The fourth-order valence-electron chi connectivity index (χ4n) is 3.34. The Labute approximate surface area is 142 Å². The van der Waals surface area contributed by atoms with E-state index in [9.17, 15) is 9.90 Å². The Hall–Kier alpha value is -2.08. The normalized spacial score (nSPS) is 21.2. The third-order valence-electron chi connectivity index (χ3n) is 4.77. The van der Waals surface area contributed by atoms with Crippen LogP contribution in [0.25, 0.3) is 10.9 Å². The molecule has 130 valence electrons. The minimum absolute atomic E-state index is 0.0520. The Balaban J connectivity index is 1.66. The lowest BCUT2D eigenvalue weighted by Gasteiger charge is -2.30. The summed E-state index contributed by atoms with van der Waals surface area (Å²) >= 11 is 0. The molecule has 2 aromatic rings. The average Bonchev–Trinajstić information content (AvgIpc) is 2.99. The van der Waals surface area contributed by atoms with Crippen LogP contribution in [0.1, 0.15) is 45.6 Å². The zero-order chi connectivity index (χ0) is 17.1. The molecule has 0 aliphatic heterocycles. The first-order valence-corrected chi connectivity index (χ1v) is 8.74. The summed E-state index contributed by atoms with van der Waals surface area (Å²) in [4.78, 5) is 12.3. The fraction of sp³-hybridized carbons (Fsp3) is 0.556. The van der Waals surface area contributed by atoms with Crippen LogP contribution in [0.4, 0.5) is 10.5 Å². The number of urea groups is 1. The number of carbonyl (C=O) groups excluding carboxylic acids is 1. The molecule has 6 heteroatoms. The summed E-state index contributed by atoms with van der Waals surface area (Å²) < 4.78 is 1.92. The SMILES string of the molecule is CC(C)n1cc2cc(NC(=O)NC3CCCCC3CO)ccc2n1. The van der Waals surface area contributed by atoms with E-state index in [2.05, 4.69) is 29.6 Å². The number of hydrogen-bond donors (Lipinski definition) is 3. The molecule has 1 aromatic heterocycles. The van der Waals surface area contributed by atoms with Crippen molar-refractivity contribution in [3.63, 3.8) is 0 Å². The molecule has 24 heavy (non-hydrogen) atoms. The lowest BCUT2D eigenvalue weighted by molar-refractivity contribution is 0.156. The second-order valence-corrected chi connectivity index (χ2v) is 6.91. The summed E-state index contributed by atoms with van der Waals surface area (Å²) in [6.45, 7) is 4.30. The number of aliphatic hydroxyl groups excluding tert-OH is 1. The number of fused-ring (bicyclic) bond motifs is 1. The van der Waals surface area contributed by atoms with E-state index in [1.54, 1.807) is 0 Å². The van der Waals surface area contributed by atoms with Gasteiger partial charge in [-0.1, -0.05) is 12.8 Å². The Bertz CT molecular complexity index is 710. The lowest BCUT2D eigenvalue weighted by atomic mass is 9.85. The summed E-state index contributed by atoms with van der Waals surface area (Å²) in [5.74, 6) is 0.163. The summed E-state index contributed by atoms with van der Waals surface area (Å²) in [6.07, 6.45) is 6.12. The van der Waals surface area contributed by atoms with Gasteiger partial charge in [0.2, 0.25) is 0 Å². The molecule has 1 heterocycles. The lowest BCUT2D eigenvalue weighted by Crippen LogP contribution is -2.45. The van der Waals surface area contributed by atoms with Crippen molar-refractivity contribution < 1.29 is 9.90 Å². The predicted octanol–water partition coefficient (Wildman–Crippen LogP) is 3.29. The number of anilines is 1. The Morgan fingerprint density at radius 3 is 2.92 bits per heavy atom. The number of benzene rings is 1. The van der Waals surface area contributed by atoms with Crippen molar-refractivity contribution in [2.24, 2.45) is 5.92 Å². The van der Waals surface area contributed by atoms with Crippen molar-refractivity contribution in [1.82, 2.24) is 15.1 Å². The van der Waals surface area contributed by atoms with E-state index in [1.165, 1.54) is 0 Å². The molecule has 1 fully saturated rings. The molecule has 1 aromatic carbocycles. The van der Waals surface area contributed by atoms with Crippen molar-refractivity contribution in [3.8, 4) is 0 Å². The molecule has 0 spiro atoms. The van der Waals surface area contributed by atoms with Gasteiger partial charge in [-0.2, -0.15) is 5.10 Å². The number of nitrogens with one attached hydrogen (secondary N) is 2. The van der Waals surface area contributed by atoms with Crippen LogP contribution in [-0.4, -0.2) is 33.6 Å². The molecule has 1 saturated carbocycles. The molecule has 1 aliphatic carbocycles. The third kappa shape index (κ3) is 3.70. The maximum absolute atomic E-state index is 12.3. The van der Waals surface area contributed by atoms with Crippen LogP contribution in [0, 0.1) is 5.92 Å². The predicted molar refractivity (Wildman–Crippen MR) is 95.1 cm³/mol. The second-order valence-electron chi connectivity index (χ2n) is 6.91. The van der Waals surface area contributed by atoms with Gasteiger partial charge in [0.25, 0.3) is 0 Å². The van der Waals surface area contributed by atoms with Crippen molar-refractivity contribution in [3.05, 3.63) is 24.4 Å². The minimum atomic E-state index is -0.212. The maximum Gasteiger partial charge on any atom is 0.319 e. The van der Waals surface area contributed by atoms with Gasteiger partial charge in [0.1, 0.15) is 0 Å². The van der Waals surface area contributed by atoms with Crippen LogP contribution in [-0.2, 0) is 0 Å². The van der Waals surface area contributed by atoms with Gasteiger partial charge < -0.3 is 15.7 Å². The van der Waals surface area contributed by atoms with Crippen LogP contribution in [0.15, 0.2) is 24.4 Å². The van der Waals surface area contributed by atoms with Gasteiger partial charge in [-0.25, -0.2) is 4.79 Å². The monoisotopic (exact) mass is 330 g/mol. The number of hydrogen-bond acceptors (Lipinski definition) is 3. The highest BCUT2D eigenvalue weighted by Crippen LogP contribution is 2.24. The number of nitrogens with zero attached hydrogens (tertiary/aromatic N) is 2. The van der Waals surface area contributed by atoms with Crippen molar-refractivity contribution in [1.29, 1.82) is 0 Å². The molecule has 1 aliphatic rings. The van der Waals surface area contributed by atoms with Gasteiger partial charge in [-0.15, -0.1) is 0 Å². The molecule has 2 unspecified atom stereocenters. The third-order valence-corrected chi connectivity index (χ3v) is 4.77. The van der Waals surface area contributed by atoms with E-state index in [-0.39, 0.29) is 24.6 Å². The molecule has 0 radical (unpaired) electrons. The Morgan fingerprint density at radius 2 is 2.17 bits per heavy atom. The Kier molecular flexibility index (Phi) is 5.04. The van der Waals surface area contributed by atoms with Crippen LogP contribution in [0.2, 0.25) is 0 Å². The number of carbonyl (C=O) groups is 1. The summed E-state index contributed by atoms with van der Waals surface area (Å²) in [7, 11) is 0. The molecular weight excluding hydrogens is 304 g/mol. The standard InChI is InChI=1S/C18H26N4O2/c1-12(2)22-10-14-9-15(7-8-17(14)21-22)19-18(24)20-16-6-4-3-5-13(16)11-23/h7-10,12-13,16,23H,3-6,11H2,1-2H3,(H2,19,20,24). The first-order valence-electron chi connectivity index (χ1n) is 8.74. The van der Waals surface area contributed by atoms with E-state index < -0.39 is 0 Å². The molecule has 3 rings (SSSR count). The second kappa shape index (κ2) is 7.21. The topological polar surface area (TPSA) is 79.2 Å². The van der Waals surface area contributed by atoms with Crippen LogP contribution in [0.5, 0.6) is 0 Å². The highest BCUT2D eigenvalue weighted by molar-refractivity contribution is 5.92. The smallest absolute Gasteiger partial charge is 0.319 e. The number of aliphatic hydroxyl groups is 1. The van der Waals surface area contributed by atoms with Gasteiger partial charge in [-0.05, 0) is 44.9 Å². The minimum Gasteiger partial charge on any atom is -0.396 e. The highest BCUT2D eigenvalue weighted by Gasteiger charge is 2.25. The zero-order valence-electron chi connectivity index (χ0n) is 14.3. The molecule has 0 saturated heterocycles.